The van der Waals surface area contributed by atoms with Gasteiger partial charge in [-0.05, 0) is 68.6 Å². The summed E-state index contributed by atoms with van der Waals surface area (Å²) in [5.74, 6) is -0.548. The van der Waals surface area contributed by atoms with Crippen molar-refractivity contribution in [1.29, 1.82) is 0 Å². The van der Waals surface area contributed by atoms with Crippen molar-refractivity contribution in [2.45, 2.75) is 12.8 Å². The lowest BCUT2D eigenvalue weighted by atomic mass is 10.1. The summed E-state index contributed by atoms with van der Waals surface area (Å²) in [5, 5.41) is 14.2. The maximum atomic E-state index is 13.2. The molecule has 0 radical (unpaired) electrons. The molecule has 29 heavy (non-hydrogen) atoms. The summed E-state index contributed by atoms with van der Waals surface area (Å²) in [6.07, 6.45) is 1.98. The summed E-state index contributed by atoms with van der Waals surface area (Å²) in [6.45, 7) is 0. The van der Waals surface area contributed by atoms with Crippen molar-refractivity contribution >= 4 is 51.2 Å². The van der Waals surface area contributed by atoms with Crippen LogP contribution < -0.4 is 10.8 Å². The van der Waals surface area contributed by atoms with E-state index in [-0.39, 0.29) is 28.3 Å². The van der Waals surface area contributed by atoms with Crippen LogP contribution in [0, 0.1) is 5.82 Å². The topological polar surface area (TPSA) is 102 Å². The highest BCUT2D eigenvalue weighted by molar-refractivity contribution is 9.10. The van der Waals surface area contributed by atoms with Crippen LogP contribution >= 0.6 is 27.5 Å². The third-order valence-electron chi connectivity index (χ3n) is 3.64. The molecule has 0 saturated carbocycles. The minimum Gasteiger partial charge on any atom is -0.306 e. The summed E-state index contributed by atoms with van der Waals surface area (Å²) in [6, 6.07) is 11.5. The number of hydrogen-bond acceptors (Lipinski definition) is 7. The normalized spacial score (nSPS) is 10.9. The molecule has 0 aliphatic carbocycles. The van der Waals surface area contributed by atoms with E-state index in [1.54, 1.807) is 12.1 Å². The van der Waals surface area contributed by atoms with Crippen molar-refractivity contribution in [1.82, 2.24) is 10.3 Å². The number of carbonyl (C=O) groups excluding carboxylic acids is 1. The first-order chi connectivity index (χ1) is 14.0. The lowest BCUT2D eigenvalue weighted by Crippen LogP contribution is -2.14. The monoisotopic (exact) mass is 481 g/mol. The van der Waals surface area contributed by atoms with E-state index >= 15 is 0 Å². The van der Waals surface area contributed by atoms with Gasteiger partial charge in [-0.15, -0.1) is 0 Å². The number of carbonyl (C=O) groups is 1. The molecule has 8 nitrogen and oxygen atoms in total. The molecule has 0 aliphatic rings. The molecule has 3 rings (SSSR count). The zero-order valence-electron chi connectivity index (χ0n) is 14.7. The van der Waals surface area contributed by atoms with Crippen molar-refractivity contribution in [2.75, 3.05) is 10.8 Å². The van der Waals surface area contributed by atoms with Crippen LogP contribution in [0.5, 0.6) is 0 Å². The lowest BCUT2D eigenvalue weighted by molar-refractivity contribution is -0.116. The summed E-state index contributed by atoms with van der Waals surface area (Å²) in [4.78, 5) is 17.0. The van der Waals surface area contributed by atoms with Crippen LogP contribution in [0.3, 0.4) is 0 Å². The molecule has 0 saturated heterocycles. The molecule has 0 fully saturated rings. The van der Waals surface area contributed by atoms with Crippen molar-refractivity contribution in [2.24, 2.45) is 5.16 Å². The van der Waals surface area contributed by atoms with E-state index in [1.165, 1.54) is 24.4 Å². The fourth-order valence-electron chi connectivity index (χ4n) is 2.19. The summed E-state index contributed by atoms with van der Waals surface area (Å²) >= 11 is 8.90. The predicted molar refractivity (Wildman–Crippen MR) is 109 cm³/mol. The first-order valence-electron chi connectivity index (χ1n) is 8.28. The van der Waals surface area contributed by atoms with Crippen molar-refractivity contribution in [3.63, 3.8) is 0 Å². The largest absolute Gasteiger partial charge is 0.306 e. The number of nitrogens with zero attached hydrogens (tertiary/aromatic N) is 3. The quantitative estimate of drug-likeness (QED) is 0.360. The van der Waals surface area contributed by atoms with Crippen LogP contribution in [0.15, 0.2) is 56.7 Å². The molecule has 150 valence electrons. The van der Waals surface area contributed by atoms with Crippen LogP contribution in [-0.2, 0) is 16.2 Å². The standard InChI is InChI=1S/C18H14BrClFN5O3/c19-14-9-13(6-7-15(14)21)24-28-22-10-16-18(26-29-25-16)23-17(27)8-3-11-1-4-12(20)5-2-11/h1-2,4-7,9-10,24H,3,8H2,(H,23,26,27)/b22-10+. The first-order valence-corrected chi connectivity index (χ1v) is 9.45. The number of aromatic nitrogens is 2. The zero-order chi connectivity index (χ0) is 20.6. The molecular weight excluding hydrogens is 469 g/mol. The molecule has 1 amide bonds. The van der Waals surface area contributed by atoms with Crippen LogP contribution in [-0.4, -0.2) is 22.4 Å². The van der Waals surface area contributed by atoms with Gasteiger partial charge in [-0.2, -0.15) is 5.48 Å². The summed E-state index contributed by atoms with van der Waals surface area (Å²) in [5.41, 5.74) is 4.14. The number of oxime groups is 1. The predicted octanol–water partition coefficient (Wildman–Crippen LogP) is 4.57. The third-order valence-corrected chi connectivity index (χ3v) is 4.50. The van der Waals surface area contributed by atoms with Gasteiger partial charge >= 0.3 is 0 Å². The maximum absolute atomic E-state index is 13.2. The van der Waals surface area contributed by atoms with Crippen LogP contribution in [0.4, 0.5) is 15.9 Å². The minimum atomic E-state index is -0.399. The molecule has 0 bridgehead atoms. The molecule has 2 N–H and O–H groups in total. The van der Waals surface area contributed by atoms with E-state index in [1.807, 2.05) is 12.1 Å². The van der Waals surface area contributed by atoms with Crippen LogP contribution in [0.1, 0.15) is 17.7 Å². The van der Waals surface area contributed by atoms with Gasteiger partial charge in [0.05, 0.1) is 10.2 Å². The number of aryl methyl sites for hydroxylation is 1. The van der Waals surface area contributed by atoms with Gasteiger partial charge in [-0.25, -0.2) is 9.02 Å². The molecule has 11 heteroatoms. The molecule has 0 aliphatic heterocycles. The fourth-order valence-corrected chi connectivity index (χ4v) is 2.69. The van der Waals surface area contributed by atoms with Gasteiger partial charge in [0, 0.05) is 11.4 Å². The molecule has 0 atom stereocenters. The molecule has 0 unspecified atom stereocenters. The van der Waals surface area contributed by atoms with Crippen molar-refractivity contribution < 1.29 is 18.8 Å². The Morgan fingerprint density at radius 3 is 2.83 bits per heavy atom. The van der Waals surface area contributed by atoms with Gasteiger partial charge in [-0.1, -0.05) is 28.9 Å². The second kappa shape index (κ2) is 9.99. The van der Waals surface area contributed by atoms with Gasteiger partial charge in [0.15, 0.2) is 5.69 Å². The highest BCUT2D eigenvalue weighted by Gasteiger charge is 2.12. The Morgan fingerprint density at radius 1 is 1.28 bits per heavy atom. The van der Waals surface area contributed by atoms with E-state index in [9.17, 15) is 9.18 Å². The number of amides is 1. The molecule has 3 aromatic rings. The number of nitrogens with one attached hydrogen (secondary N) is 2. The van der Waals surface area contributed by atoms with Crippen molar-refractivity contribution in [3.05, 3.63) is 69.0 Å². The SMILES string of the molecule is O=C(CCc1ccc(Cl)cc1)Nc1nonc1/C=N/ONc1ccc(F)c(Br)c1. The van der Waals surface area contributed by atoms with Crippen LogP contribution in [0.2, 0.25) is 5.02 Å². The van der Waals surface area contributed by atoms with Crippen molar-refractivity contribution in [3.8, 4) is 0 Å². The Bertz CT molecular complexity index is 1010. The van der Waals surface area contributed by atoms with E-state index in [4.69, 9.17) is 16.5 Å². The second-order valence-corrected chi connectivity index (χ2v) is 7.02. The zero-order valence-corrected chi connectivity index (χ0v) is 17.1. The number of benzene rings is 2. The lowest BCUT2D eigenvalue weighted by Gasteiger charge is -2.03. The van der Waals surface area contributed by atoms with E-state index in [0.717, 1.165) is 5.56 Å². The smallest absolute Gasteiger partial charge is 0.226 e. The maximum Gasteiger partial charge on any atom is 0.226 e. The number of hydrogen-bond donors (Lipinski definition) is 2. The second-order valence-electron chi connectivity index (χ2n) is 5.73. The Labute approximate surface area is 178 Å². The van der Waals surface area contributed by atoms with E-state index in [0.29, 0.717) is 17.1 Å². The molecule has 2 aromatic carbocycles. The van der Waals surface area contributed by atoms with E-state index in [2.05, 4.69) is 46.8 Å². The molecule has 1 heterocycles. The minimum absolute atomic E-state index is 0.114. The Balaban J connectivity index is 1.49. The number of rotatable bonds is 8. The highest BCUT2D eigenvalue weighted by Crippen LogP contribution is 2.20. The average molecular weight is 483 g/mol. The Morgan fingerprint density at radius 2 is 2.07 bits per heavy atom. The summed E-state index contributed by atoms with van der Waals surface area (Å²) in [7, 11) is 0. The molecule has 0 spiro atoms. The fraction of sp³-hybridized carbons (Fsp3) is 0.111. The first kappa shape index (κ1) is 20.7. The van der Waals surface area contributed by atoms with Gasteiger partial charge in [-0.3, -0.25) is 9.73 Å². The molecule has 1 aromatic heterocycles. The van der Waals surface area contributed by atoms with Gasteiger partial charge < -0.3 is 5.32 Å². The Kier molecular flexibility index (Phi) is 7.14. The highest BCUT2D eigenvalue weighted by atomic mass is 79.9. The number of halogens is 3. The third kappa shape index (κ3) is 6.26. The molecular formula is C18H14BrClFN5O3. The van der Waals surface area contributed by atoms with E-state index < -0.39 is 5.82 Å². The average Bonchev–Trinajstić information content (AvgIpc) is 3.14. The van der Waals surface area contributed by atoms with Crippen LogP contribution in [0.25, 0.3) is 0 Å². The number of anilines is 2. The Hall–Kier alpha value is -2.98. The van der Waals surface area contributed by atoms with Gasteiger partial charge in [0.2, 0.25) is 11.7 Å². The van der Waals surface area contributed by atoms with Gasteiger partial charge in [0.1, 0.15) is 12.0 Å². The van der Waals surface area contributed by atoms with Gasteiger partial charge in [0.25, 0.3) is 0 Å². The summed E-state index contributed by atoms with van der Waals surface area (Å²) < 4.78 is 18.1.